The van der Waals surface area contributed by atoms with Crippen molar-refractivity contribution >= 4 is 76.2 Å². The number of rotatable bonds is 23. The number of aryl methyl sites for hydroxylation is 1. The maximum atomic E-state index is 15.3. The van der Waals surface area contributed by atoms with Crippen molar-refractivity contribution in [1.82, 2.24) is 35.4 Å². The van der Waals surface area contributed by atoms with Crippen LogP contribution in [0.5, 0.6) is 0 Å². The van der Waals surface area contributed by atoms with E-state index in [0.717, 1.165) is 16.5 Å². The highest BCUT2D eigenvalue weighted by atomic mass is 16.7. The number of likely N-dealkylation sites (N-methyl/N-ethyl adjacent to an activating group) is 2. The van der Waals surface area contributed by atoms with E-state index in [4.69, 9.17) is 25.8 Å². The van der Waals surface area contributed by atoms with E-state index in [1.54, 1.807) is 74.6 Å². The summed E-state index contributed by atoms with van der Waals surface area (Å²) >= 11 is 0. The number of hydroxylamine groups is 2. The van der Waals surface area contributed by atoms with Gasteiger partial charge in [-0.3, -0.25) is 38.6 Å². The Kier molecular flexibility index (Phi) is 21.8. The van der Waals surface area contributed by atoms with Crippen LogP contribution in [0.1, 0.15) is 127 Å². The zero-order valence-corrected chi connectivity index (χ0v) is 49.8. The number of nitrogens with two attached hydrogens (primary N) is 2. The molecule has 23 heteroatoms. The SMILES string of the molecule is C/C(=C\[C@H](C(C)C)N(C)C(=O)[C@@H](NC(=O)[C@@H](N(C)C(=O)OCc1ccc(N(C(=O)[C@@H](NC(=O)OC(C)(C)C)C(C)C)[C@@H](CCCNC(N)=O)C(N)=O)cc1)C(C)(C)c1cn(C)c2ccccc12)C(C)(C)C)C(=O)ON1C(=O)CCC1=O. The number of primary amides is 2. The summed E-state index contributed by atoms with van der Waals surface area (Å²) in [7, 11) is 4.84. The predicted octanol–water partition coefficient (Wildman–Crippen LogP) is 5.85. The number of carbonyl (C=O) groups is 10. The minimum absolute atomic E-state index is 0.00222. The maximum absolute atomic E-state index is 15.3. The van der Waals surface area contributed by atoms with Crippen LogP contribution in [0.2, 0.25) is 0 Å². The van der Waals surface area contributed by atoms with Crippen LogP contribution >= 0.6 is 0 Å². The molecule has 2 heterocycles. The highest BCUT2D eigenvalue weighted by Crippen LogP contribution is 2.37. The zero-order valence-electron chi connectivity index (χ0n) is 49.8. The van der Waals surface area contributed by atoms with Crippen LogP contribution in [0.4, 0.5) is 20.1 Å². The Labute approximate surface area is 474 Å². The first-order chi connectivity index (χ1) is 37.5. The fourth-order valence-corrected chi connectivity index (χ4v) is 9.67. The van der Waals surface area contributed by atoms with Crippen molar-refractivity contribution in [1.29, 1.82) is 0 Å². The first-order valence-electron chi connectivity index (χ1n) is 27.0. The average Bonchev–Trinajstić information content (AvgIpc) is 4.17. The first-order valence-corrected chi connectivity index (χ1v) is 27.0. The average molecular weight is 1130 g/mol. The van der Waals surface area contributed by atoms with Gasteiger partial charge in [0.05, 0.1) is 6.04 Å². The van der Waals surface area contributed by atoms with Gasteiger partial charge in [-0.15, -0.1) is 5.06 Å². The fraction of sp³-hybridized carbons (Fsp3) is 0.552. The molecule has 0 bridgehead atoms. The minimum atomic E-state index is -1.33. The van der Waals surface area contributed by atoms with E-state index < -0.39 is 112 Å². The van der Waals surface area contributed by atoms with Crippen LogP contribution in [-0.2, 0) is 66.9 Å². The van der Waals surface area contributed by atoms with Crippen LogP contribution in [0.15, 0.2) is 66.4 Å². The number of nitrogens with one attached hydrogen (secondary N) is 3. The number of alkyl carbamates (subject to hydrolysis) is 1. The van der Waals surface area contributed by atoms with Gasteiger partial charge in [-0.2, -0.15) is 0 Å². The van der Waals surface area contributed by atoms with Crippen LogP contribution in [0, 0.1) is 17.3 Å². The lowest BCUT2D eigenvalue weighted by atomic mass is 9.76. The number of carbonyl (C=O) groups excluding carboxylic acids is 10. The normalized spacial score (nSPS) is 15.1. The van der Waals surface area contributed by atoms with Gasteiger partial charge >= 0.3 is 24.2 Å². The Morgan fingerprint density at radius 2 is 1.38 bits per heavy atom. The van der Waals surface area contributed by atoms with Crippen LogP contribution < -0.4 is 32.3 Å². The maximum Gasteiger partial charge on any atom is 0.410 e. The van der Waals surface area contributed by atoms with E-state index in [-0.39, 0.29) is 56.0 Å². The van der Waals surface area contributed by atoms with Gasteiger partial charge < -0.3 is 51.2 Å². The molecule has 1 fully saturated rings. The number of hydrogen-bond donors (Lipinski definition) is 5. The highest BCUT2D eigenvalue weighted by Gasteiger charge is 2.47. The topological polar surface area (TPSA) is 304 Å². The molecule has 2 aromatic carbocycles. The van der Waals surface area contributed by atoms with Gasteiger partial charge in [-0.1, -0.05) is 98.7 Å². The van der Waals surface area contributed by atoms with Gasteiger partial charge in [0.25, 0.3) is 17.7 Å². The second-order valence-corrected chi connectivity index (χ2v) is 23.9. The van der Waals surface area contributed by atoms with Gasteiger partial charge in [0.1, 0.15) is 36.4 Å². The molecule has 0 unspecified atom stereocenters. The Bertz CT molecular complexity index is 2850. The number of aromatic nitrogens is 1. The predicted molar refractivity (Wildman–Crippen MR) is 303 cm³/mol. The molecule has 7 N–H and O–H groups in total. The smallest absolute Gasteiger partial charge is 0.410 e. The van der Waals surface area contributed by atoms with Gasteiger partial charge in [0, 0.05) is 74.3 Å². The Balaban J connectivity index is 1.70. The molecule has 4 rings (SSSR count). The number of benzene rings is 2. The molecule has 444 valence electrons. The lowest BCUT2D eigenvalue weighted by molar-refractivity contribution is -0.194. The molecule has 0 spiro atoms. The number of para-hydroxylation sites is 1. The molecule has 5 atom stereocenters. The molecule has 1 aliphatic heterocycles. The van der Waals surface area contributed by atoms with Gasteiger partial charge in [0.2, 0.25) is 17.7 Å². The minimum Gasteiger partial charge on any atom is -0.445 e. The third kappa shape index (κ3) is 16.8. The second-order valence-electron chi connectivity index (χ2n) is 23.9. The summed E-state index contributed by atoms with van der Waals surface area (Å²) in [6.07, 6.45) is 1.67. The third-order valence-corrected chi connectivity index (χ3v) is 14.0. The van der Waals surface area contributed by atoms with Crippen molar-refractivity contribution in [3.8, 4) is 0 Å². The van der Waals surface area contributed by atoms with Gasteiger partial charge in [-0.05, 0) is 87.1 Å². The summed E-state index contributed by atoms with van der Waals surface area (Å²) in [6.45, 7) is 22.3. The zero-order chi connectivity index (χ0) is 61.2. The second kappa shape index (κ2) is 27.0. The van der Waals surface area contributed by atoms with E-state index >= 15 is 4.79 Å². The molecule has 1 saturated heterocycles. The molecular weight excluding hydrogens is 1040 g/mol. The van der Waals surface area contributed by atoms with Crippen molar-refractivity contribution in [2.24, 2.45) is 35.8 Å². The number of anilines is 1. The largest absolute Gasteiger partial charge is 0.445 e. The molecule has 3 aromatic rings. The van der Waals surface area contributed by atoms with E-state index in [9.17, 15) is 43.2 Å². The Hall–Kier alpha value is -7.98. The molecule has 0 aliphatic carbocycles. The molecule has 0 saturated carbocycles. The summed E-state index contributed by atoms with van der Waals surface area (Å²) in [5, 5.41) is 9.37. The molecular formula is C58H84N10O13. The lowest BCUT2D eigenvalue weighted by Crippen LogP contribution is -2.63. The summed E-state index contributed by atoms with van der Waals surface area (Å²) in [4.78, 5) is 143. The van der Waals surface area contributed by atoms with E-state index in [1.807, 2.05) is 69.8 Å². The summed E-state index contributed by atoms with van der Waals surface area (Å²) in [5.74, 6) is -5.75. The summed E-state index contributed by atoms with van der Waals surface area (Å²) < 4.78 is 13.3. The monoisotopic (exact) mass is 1130 g/mol. The molecule has 10 amide bonds. The number of imide groups is 1. The van der Waals surface area contributed by atoms with Crippen molar-refractivity contribution < 1.29 is 62.3 Å². The van der Waals surface area contributed by atoms with Crippen LogP contribution in [0.3, 0.4) is 0 Å². The number of nitrogens with zero attached hydrogens (tertiary/aromatic N) is 5. The van der Waals surface area contributed by atoms with Gasteiger partial charge in [-0.25, -0.2) is 19.2 Å². The van der Waals surface area contributed by atoms with Crippen molar-refractivity contribution in [3.05, 3.63) is 77.5 Å². The quantitative estimate of drug-likeness (QED) is 0.0424. The fourth-order valence-electron chi connectivity index (χ4n) is 9.67. The molecule has 1 aliphatic rings. The number of fused-ring (bicyclic) bond motifs is 1. The number of amides is 10. The molecule has 81 heavy (non-hydrogen) atoms. The van der Waals surface area contributed by atoms with Crippen molar-refractivity contribution in [2.75, 3.05) is 25.5 Å². The third-order valence-electron chi connectivity index (χ3n) is 14.0. The number of urea groups is 1. The Morgan fingerprint density at radius 1 is 0.790 bits per heavy atom. The standard InChI is InChI=1S/C58H84N10O13/c1-33(2)42(30-35(5)52(75)81-68-43(69)27-28-44(68)70)65(15)51(74)46(56(6,7)8)63-49(72)47(58(12,13)39-31-64(14)40-21-18-17-20-38(39)40)66(16)55(78)79-32-36-23-25-37(26-24-36)67(41(48(59)71)22-19-29-61-53(60)76)50(73)45(34(3)4)62-54(77)80-57(9,10)11/h17-18,20-21,23-26,30-31,33-34,41-42,45-47H,19,22,27-29,32H2,1-16H3,(H2,59,71)(H,62,77)(H,63,72)(H3,60,61,76)/b35-30+/t41-,42+,45-,46+,47+/m0/s1. The highest BCUT2D eigenvalue weighted by molar-refractivity contribution is 6.04. The summed E-state index contributed by atoms with van der Waals surface area (Å²) in [6, 6.07) is 7.30. The van der Waals surface area contributed by atoms with Crippen LogP contribution in [0.25, 0.3) is 10.9 Å². The number of ether oxygens (including phenoxy) is 2. The van der Waals surface area contributed by atoms with Gasteiger partial charge in [0.15, 0.2) is 0 Å². The van der Waals surface area contributed by atoms with E-state index in [0.29, 0.717) is 10.6 Å². The lowest BCUT2D eigenvalue weighted by Gasteiger charge is -2.42. The van der Waals surface area contributed by atoms with Crippen molar-refractivity contribution in [2.45, 2.75) is 164 Å². The summed E-state index contributed by atoms with van der Waals surface area (Å²) in [5.41, 5.74) is 10.5. The van der Waals surface area contributed by atoms with Crippen LogP contribution in [-0.4, -0.2) is 136 Å². The molecule has 0 radical (unpaired) electrons. The number of hydrogen-bond acceptors (Lipinski definition) is 13. The van der Waals surface area contributed by atoms with E-state index in [2.05, 4.69) is 16.0 Å². The molecule has 1 aromatic heterocycles. The first kappa shape index (κ1) is 65.5. The van der Waals surface area contributed by atoms with Crippen molar-refractivity contribution in [3.63, 3.8) is 0 Å². The van der Waals surface area contributed by atoms with E-state index in [1.165, 1.54) is 46.9 Å². The Morgan fingerprint density at radius 3 is 1.91 bits per heavy atom. The molecule has 23 nitrogen and oxygen atoms in total.